The van der Waals surface area contributed by atoms with Gasteiger partial charge in [-0.25, -0.2) is 15.6 Å². The minimum atomic E-state index is -1.76. The first-order valence-corrected chi connectivity index (χ1v) is 35.5. The number of nitrogens with one attached hydrogen (secondary N) is 4. The summed E-state index contributed by atoms with van der Waals surface area (Å²) in [5.41, 5.74) is 5.96. The van der Waals surface area contributed by atoms with Crippen LogP contribution in [-0.2, 0) is 52.6 Å². The first-order valence-electron chi connectivity index (χ1n) is 33.3. The Morgan fingerprint density at radius 3 is 1.29 bits per heavy atom. The lowest BCUT2D eigenvalue weighted by Crippen LogP contribution is -2.61. The molecule has 6 amide bonds. The number of fused-ring (bicyclic) bond motifs is 2. The number of carbonyl (C=O) groups is 9. The topological polar surface area (TPSA) is 329 Å². The summed E-state index contributed by atoms with van der Waals surface area (Å²) in [7, 11) is 3.05. The highest BCUT2D eigenvalue weighted by molar-refractivity contribution is 6.68. The molecule has 25 nitrogen and oxygen atoms in total. The van der Waals surface area contributed by atoms with E-state index in [2.05, 4.69) is 31.5 Å². The van der Waals surface area contributed by atoms with E-state index in [0.717, 1.165) is 32.7 Å². The summed E-state index contributed by atoms with van der Waals surface area (Å²) >= 11 is 33.8. The number of likely N-dealkylation sites (N-methyl/N-ethyl adjacent to an activating group) is 2. The second-order valence-corrected chi connectivity index (χ2v) is 33.1. The van der Waals surface area contributed by atoms with Crippen LogP contribution in [0.5, 0.6) is 0 Å². The van der Waals surface area contributed by atoms with Crippen LogP contribution in [0.25, 0.3) is 33.7 Å². The zero-order chi connectivity index (χ0) is 77.3. The number of esters is 2. The van der Waals surface area contributed by atoms with Crippen molar-refractivity contribution in [2.75, 3.05) is 40.4 Å². The van der Waals surface area contributed by atoms with Crippen LogP contribution < -0.4 is 21.5 Å². The molecule has 31 heteroatoms. The molecule has 2 aliphatic heterocycles. The molecule has 0 aliphatic carbocycles. The van der Waals surface area contributed by atoms with Gasteiger partial charge in [0.2, 0.25) is 25.3 Å². The van der Waals surface area contributed by atoms with Crippen LogP contribution in [0, 0.1) is 22.7 Å². The number of aliphatic hydroxyl groups is 2. The Hall–Kier alpha value is -6.65. The SMILES string of the molecule is CC(C)[C@@H](C(=O)N[C@@H](C)C(=O)N1CCC[C@@H](C(=O)OCC(Cl)(Cl)Cl)N1)N(C)C(=O)C(C)(C)/C=C/c1cc2cc([C@@H](C)O)ccc2cn1.CC(C)[C@@H](C(=O)N[C@@H](C)C(=O)N1CCC[C@@H](C(=O)OCC(Cl)(Cl)Cl)N1)N(C)C(=O)OC(C)(C)C.C[C@@H](O)c1ccc2cnc(/C=C/C(C)(C)C(=O)O)cc2c1. The standard InChI is InChI=1S/C33H44Cl3N5O6.C21H35Cl3N4O6.C17H19NO3/c1-19(2)27(28(43)38-20(3)29(44)41-14-8-9-26(39-41)30(45)47-18-33(34,35)36)40(7)31(46)32(5,6)13-12-25-16-24-15-22(21(4)42)10-11-23(24)17-37-25;1-12(2)15(27(7)19(32)34-20(4,5)6)16(29)25-13(3)17(30)28-10-8-9-14(26-28)18(31)33-11-21(22,23)24;1-11(19)12-4-5-13-10-18-15(9-14(13)8-12)6-7-17(2,3)16(20)21/h10-13,15-17,19-21,26-27,39,42H,8-9,14,18H2,1-7H3,(H,38,43);12-15,26H,8-11H2,1-7H3,(H,25,29);4-11,19H,1-3H3,(H,20,21)/b13-12+;;7-6+/t20-,21+,26-,27-;13-,14-,15-;11-/m001/s1. The van der Waals surface area contributed by atoms with Crippen LogP contribution in [0.15, 0.2) is 73.1 Å². The Morgan fingerprint density at radius 1 is 0.578 bits per heavy atom. The minimum Gasteiger partial charge on any atom is -0.481 e. The van der Waals surface area contributed by atoms with E-state index < -0.39 is 133 Å². The summed E-state index contributed by atoms with van der Waals surface area (Å²) in [6.07, 6.45) is 10.4. The monoisotopic (exact) mass is 1540 g/mol. The second kappa shape index (κ2) is 37.9. The zero-order valence-corrected chi connectivity index (χ0v) is 65.2. The Labute approximate surface area is 626 Å². The molecule has 2 fully saturated rings. The van der Waals surface area contributed by atoms with Gasteiger partial charge in [0, 0.05) is 50.4 Å². The van der Waals surface area contributed by atoms with Crippen molar-refractivity contribution in [1.29, 1.82) is 0 Å². The van der Waals surface area contributed by atoms with Gasteiger partial charge in [-0.1, -0.05) is 134 Å². The lowest BCUT2D eigenvalue weighted by molar-refractivity contribution is -0.154. The summed E-state index contributed by atoms with van der Waals surface area (Å²) in [5.74, 6) is -4.91. The van der Waals surface area contributed by atoms with Gasteiger partial charge in [0.25, 0.3) is 11.8 Å². The van der Waals surface area contributed by atoms with Crippen LogP contribution in [0.2, 0.25) is 0 Å². The van der Waals surface area contributed by atoms with E-state index in [1.165, 1.54) is 33.8 Å². The Balaban J connectivity index is 0.000000349. The van der Waals surface area contributed by atoms with E-state index in [1.54, 1.807) is 127 Å². The van der Waals surface area contributed by atoms with Crippen LogP contribution in [-0.4, -0.2) is 188 Å². The third-order valence-electron chi connectivity index (χ3n) is 16.3. The van der Waals surface area contributed by atoms with Gasteiger partial charge in [0.05, 0.1) is 34.4 Å². The van der Waals surface area contributed by atoms with Crippen LogP contribution in [0.1, 0.15) is 164 Å². The maximum absolute atomic E-state index is 13.7. The zero-order valence-electron chi connectivity index (χ0n) is 60.7. The van der Waals surface area contributed by atoms with Crippen molar-refractivity contribution in [3.8, 4) is 0 Å². The molecule has 2 saturated heterocycles. The predicted octanol–water partition coefficient (Wildman–Crippen LogP) is 10.9. The van der Waals surface area contributed by atoms with Gasteiger partial charge >= 0.3 is 24.0 Å². The maximum Gasteiger partial charge on any atom is 0.410 e. The molecular formula is C71H98Cl6N10O15. The molecule has 4 aromatic rings. The lowest BCUT2D eigenvalue weighted by atomic mass is 9.89. The van der Waals surface area contributed by atoms with E-state index in [0.29, 0.717) is 50.2 Å². The number of amides is 6. The largest absolute Gasteiger partial charge is 0.481 e. The lowest BCUT2D eigenvalue weighted by Gasteiger charge is -2.37. The number of ether oxygens (including phenoxy) is 3. The van der Waals surface area contributed by atoms with Crippen LogP contribution >= 0.6 is 69.6 Å². The number of aromatic nitrogens is 2. The van der Waals surface area contributed by atoms with Gasteiger partial charge in [-0.15, -0.1) is 0 Å². The van der Waals surface area contributed by atoms with E-state index in [-0.39, 0.29) is 17.7 Å². The summed E-state index contributed by atoms with van der Waals surface area (Å²) in [6, 6.07) is 9.90. The van der Waals surface area contributed by atoms with Crippen molar-refractivity contribution in [1.82, 2.24) is 51.3 Å². The summed E-state index contributed by atoms with van der Waals surface area (Å²) in [5, 5.41) is 40.4. The van der Waals surface area contributed by atoms with Crippen LogP contribution in [0.3, 0.4) is 0 Å². The van der Waals surface area contributed by atoms with E-state index in [1.807, 2.05) is 62.4 Å². The molecular weight excluding hydrogens is 1450 g/mol. The fourth-order valence-electron chi connectivity index (χ4n) is 10.6. The Bertz CT molecular complexity index is 3670. The summed E-state index contributed by atoms with van der Waals surface area (Å²) in [6.45, 7) is 25.5. The third-order valence-corrected chi connectivity index (χ3v) is 16.9. The number of aliphatic hydroxyl groups excluding tert-OH is 2. The van der Waals surface area contributed by atoms with E-state index >= 15 is 0 Å². The molecule has 102 heavy (non-hydrogen) atoms. The van der Waals surface area contributed by atoms with E-state index in [9.17, 15) is 53.4 Å². The fraction of sp³-hybridized carbons (Fsp3) is 0.563. The number of nitrogens with zero attached hydrogens (tertiary/aromatic N) is 6. The number of carboxylic acids is 1. The molecule has 2 aromatic carbocycles. The van der Waals surface area contributed by atoms with Gasteiger partial charge in [0.15, 0.2) is 0 Å². The van der Waals surface area contributed by atoms with Gasteiger partial charge in [0.1, 0.15) is 55.1 Å². The van der Waals surface area contributed by atoms with Crippen molar-refractivity contribution >= 4 is 157 Å². The number of hydrazine groups is 2. The number of carbonyl (C=O) groups excluding carboxylic acids is 8. The minimum absolute atomic E-state index is 0.245. The normalized spacial score (nSPS) is 17.2. The van der Waals surface area contributed by atoms with E-state index in [4.69, 9.17) is 88.9 Å². The molecule has 8 atom stereocenters. The second-order valence-electron chi connectivity index (χ2n) is 28.1. The fourth-order valence-corrected chi connectivity index (χ4v) is 10.9. The Kier molecular flexibility index (Phi) is 32.6. The average molecular weight is 1540 g/mol. The van der Waals surface area contributed by atoms with Gasteiger partial charge in [-0.05, 0) is 172 Å². The van der Waals surface area contributed by atoms with Crippen molar-refractivity contribution in [3.63, 3.8) is 0 Å². The average Bonchev–Trinajstić information content (AvgIpc) is 0.826. The van der Waals surface area contributed by atoms with Gasteiger partial charge in [-0.2, -0.15) is 0 Å². The molecule has 0 saturated carbocycles. The number of benzene rings is 2. The number of halogens is 6. The van der Waals surface area contributed by atoms with Gasteiger partial charge in [-0.3, -0.25) is 63.2 Å². The van der Waals surface area contributed by atoms with Crippen molar-refractivity contribution in [2.24, 2.45) is 22.7 Å². The van der Waals surface area contributed by atoms with Crippen molar-refractivity contribution in [3.05, 3.63) is 95.6 Å². The van der Waals surface area contributed by atoms with Gasteiger partial charge < -0.3 is 45.1 Å². The highest BCUT2D eigenvalue weighted by atomic mass is 35.6. The first-order chi connectivity index (χ1) is 47.0. The molecule has 7 N–H and O–H groups in total. The molecule has 2 aromatic heterocycles. The third kappa shape index (κ3) is 27.4. The number of aliphatic carboxylic acids is 1. The molecule has 2 aliphatic rings. The molecule has 6 rings (SSSR count). The first kappa shape index (κ1) is 87.8. The highest BCUT2D eigenvalue weighted by Crippen LogP contribution is 2.30. The van der Waals surface area contributed by atoms with Crippen LogP contribution in [0.4, 0.5) is 4.79 Å². The maximum atomic E-state index is 13.7. The number of carboxylic acid groups (broad SMARTS) is 1. The number of hydrogen-bond donors (Lipinski definition) is 7. The quantitative estimate of drug-likeness (QED) is 0.0218. The van der Waals surface area contributed by atoms with Crippen molar-refractivity contribution in [2.45, 2.75) is 191 Å². The number of hydrogen-bond acceptors (Lipinski definition) is 18. The molecule has 4 heterocycles. The summed E-state index contributed by atoms with van der Waals surface area (Å²) < 4.78 is 11.9. The van der Waals surface area contributed by atoms with Crippen molar-refractivity contribution < 1.29 is 72.7 Å². The molecule has 0 bridgehead atoms. The molecule has 0 radical (unpaired) electrons. The highest BCUT2D eigenvalue weighted by Gasteiger charge is 2.40. The number of rotatable bonds is 22. The summed E-state index contributed by atoms with van der Waals surface area (Å²) in [4.78, 5) is 126. The Morgan fingerprint density at radius 2 is 0.951 bits per heavy atom. The molecule has 0 unspecified atom stereocenters. The smallest absolute Gasteiger partial charge is 0.410 e. The number of pyridine rings is 2. The molecule has 564 valence electrons. The number of alkyl halides is 6. The molecule has 0 spiro atoms. The predicted molar refractivity (Wildman–Crippen MR) is 395 cm³/mol.